The Bertz CT molecular complexity index is 1360. The number of rotatable bonds is 10. The molecule has 0 saturated carbocycles. The Hall–Kier alpha value is -4.20. The highest BCUT2D eigenvalue weighted by Crippen LogP contribution is 2.37. The fourth-order valence-electron chi connectivity index (χ4n) is 4.33. The fourth-order valence-corrected chi connectivity index (χ4v) is 4.33. The lowest BCUT2D eigenvalue weighted by Crippen LogP contribution is -2.37. The fraction of sp³-hybridized carbons (Fsp3) is 0.333. The lowest BCUT2D eigenvalue weighted by atomic mass is 10.1. The Morgan fingerprint density at radius 2 is 1.97 bits per heavy atom. The molecule has 10 heteroatoms. The van der Waals surface area contributed by atoms with E-state index in [0.29, 0.717) is 41.4 Å². The highest BCUT2D eigenvalue weighted by atomic mass is 16.5. The third-order valence-corrected chi connectivity index (χ3v) is 6.29. The maximum atomic E-state index is 9.76. The summed E-state index contributed by atoms with van der Waals surface area (Å²) in [6.07, 6.45) is 5.97. The number of nitrogens with zero attached hydrogens (tertiary/aromatic N) is 6. The Kier molecular flexibility index (Phi) is 7.74. The summed E-state index contributed by atoms with van der Waals surface area (Å²) < 4.78 is 18.9. The molecule has 3 heterocycles. The van der Waals surface area contributed by atoms with Crippen molar-refractivity contribution in [2.45, 2.75) is 13.0 Å². The van der Waals surface area contributed by atoms with Crippen molar-refractivity contribution < 1.29 is 14.2 Å². The molecule has 0 spiro atoms. The van der Waals surface area contributed by atoms with Crippen LogP contribution in [0.25, 0.3) is 10.9 Å². The molecular weight excluding hydrogens is 470 g/mol. The highest BCUT2D eigenvalue weighted by molar-refractivity contribution is 5.97. The first-order valence-corrected chi connectivity index (χ1v) is 12.3. The van der Waals surface area contributed by atoms with Gasteiger partial charge in [-0.05, 0) is 30.2 Å². The minimum atomic E-state index is 0.445. The van der Waals surface area contributed by atoms with Gasteiger partial charge < -0.3 is 19.5 Å². The minimum absolute atomic E-state index is 0.445. The molecule has 37 heavy (non-hydrogen) atoms. The first kappa shape index (κ1) is 24.5. The molecule has 1 saturated heterocycles. The first-order valence-electron chi connectivity index (χ1n) is 12.3. The quantitative estimate of drug-likeness (QED) is 0.327. The lowest BCUT2D eigenvalue weighted by molar-refractivity contribution is 0.0357. The molecule has 0 unspecified atom stereocenters. The molecule has 0 aliphatic carbocycles. The number of anilines is 2. The zero-order valence-electron chi connectivity index (χ0n) is 20.8. The van der Waals surface area contributed by atoms with Gasteiger partial charge in [0, 0.05) is 49.2 Å². The predicted molar refractivity (Wildman–Crippen MR) is 139 cm³/mol. The number of hydrogen-bond donors (Lipinski definition) is 1. The smallest absolute Gasteiger partial charge is 0.163 e. The van der Waals surface area contributed by atoms with Gasteiger partial charge in [0.05, 0.1) is 56.4 Å². The van der Waals surface area contributed by atoms with Crippen LogP contribution in [-0.2, 0) is 11.3 Å². The van der Waals surface area contributed by atoms with E-state index in [4.69, 9.17) is 14.2 Å². The van der Waals surface area contributed by atoms with Gasteiger partial charge in [-0.15, -0.1) is 5.10 Å². The minimum Gasteiger partial charge on any atom is -0.493 e. The average molecular weight is 500 g/mol. The lowest BCUT2D eigenvalue weighted by Gasteiger charge is -2.26. The van der Waals surface area contributed by atoms with E-state index < -0.39 is 0 Å². The summed E-state index contributed by atoms with van der Waals surface area (Å²) in [5, 5.41) is 21.8. The summed E-state index contributed by atoms with van der Waals surface area (Å²) in [6, 6.07) is 14.0. The summed E-state index contributed by atoms with van der Waals surface area (Å²) in [7, 11) is 1.62. The first-order chi connectivity index (χ1) is 18.2. The second-order valence-corrected chi connectivity index (χ2v) is 8.76. The van der Waals surface area contributed by atoms with E-state index in [1.54, 1.807) is 24.2 Å². The number of nitrogens with one attached hydrogen (secondary N) is 1. The Balaban J connectivity index is 1.33. The van der Waals surface area contributed by atoms with Gasteiger partial charge in [-0.2, -0.15) is 5.26 Å². The number of hydrogen-bond acceptors (Lipinski definition) is 9. The van der Waals surface area contributed by atoms with Crippen LogP contribution in [0.2, 0.25) is 0 Å². The number of aromatic nitrogens is 4. The largest absolute Gasteiger partial charge is 0.493 e. The number of morpholine rings is 1. The number of nitriles is 1. The van der Waals surface area contributed by atoms with Crippen molar-refractivity contribution in [1.82, 2.24) is 24.9 Å². The Morgan fingerprint density at radius 3 is 2.70 bits per heavy atom. The third-order valence-electron chi connectivity index (χ3n) is 6.29. The van der Waals surface area contributed by atoms with Crippen LogP contribution >= 0.6 is 0 Å². The molecule has 2 aromatic heterocycles. The average Bonchev–Trinajstić information content (AvgIpc) is 3.45. The van der Waals surface area contributed by atoms with Gasteiger partial charge in [-0.3, -0.25) is 9.88 Å². The normalized spacial score (nSPS) is 13.8. The highest BCUT2D eigenvalue weighted by Gasteiger charge is 2.15. The summed E-state index contributed by atoms with van der Waals surface area (Å²) in [6.45, 7) is 5.68. The number of methoxy groups -OCH3 is 1. The van der Waals surface area contributed by atoms with Crippen LogP contribution < -0.4 is 14.8 Å². The molecule has 0 bridgehead atoms. The van der Waals surface area contributed by atoms with Gasteiger partial charge in [0.25, 0.3) is 0 Å². The number of fused-ring (bicyclic) bond motifs is 1. The van der Waals surface area contributed by atoms with Gasteiger partial charge in [-0.1, -0.05) is 17.3 Å². The molecule has 0 amide bonds. The topological polar surface area (TPSA) is 110 Å². The third kappa shape index (κ3) is 5.97. The van der Waals surface area contributed by atoms with Crippen molar-refractivity contribution in [3.8, 4) is 17.6 Å². The molecule has 10 nitrogen and oxygen atoms in total. The number of pyridine rings is 1. The van der Waals surface area contributed by atoms with Gasteiger partial charge >= 0.3 is 0 Å². The van der Waals surface area contributed by atoms with Crippen molar-refractivity contribution in [2.75, 3.05) is 51.9 Å². The molecule has 1 fully saturated rings. The molecule has 1 aliphatic rings. The number of benzene rings is 2. The maximum absolute atomic E-state index is 9.76. The summed E-state index contributed by atoms with van der Waals surface area (Å²) in [5.41, 5.74) is 3.78. The van der Waals surface area contributed by atoms with E-state index in [9.17, 15) is 5.26 Å². The molecule has 190 valence electrons. The molecule has 5 rings (SSSR count). The van der Waals surface area contributed by atoms with Gasteiger partial charge in [0.15, 0.2) is 11.5 Å². The van der Waals surface area contributed by atoms with Crippen molar-refractivity contribution in [3.05, 3.63) is 66.1 Å². The van der Waals surface area contributed by atoms with Crippen LogP contribution in [0.4, 0.5) is 11.4 Å². The molecule has 1 N–H and O–H groups in total. The molecular formula is C27H29N7O3. The van der Waals surface area contributed by atoms with Crippen molar-refractivity contribution in [3.63, 3.8) is 0 Å². The van der Waals surface area contributed by atoms with Gasteiger partial charge in [0.2, 0.25) is 0 Å². The van der Waals surface area contributed by atoms with Crippen LogP contribution in [0.3, 0.4) is 0 Å². The zero-order chi connectivity index (χ0) is 25.5. The van der Waals surface area contributed by atoms with Crippen LogP contribution in [0.15, 0.2) is 55.0 Å². The SMILES string of the molecule is COc1cc2c(Nc3ccc(Cn4ccnn4)cc3)c(C#N)cnc2cc1OCCCN1CCOCC1. The molecule has 1 aliphatic heterocycles. The molecule has 0 radical (unpaired) electrons. The van der Waals surface area contributed by atoms with Crippen LogP contribution in [0, 0.1) is 11.3 Å². The predicted octanol–water partition coefficient (Wildman–Crippen LogP) is 3.60. The zero-order valence-corrected chi connectivity index (χ0v) is 20.8. The molecule has 4 aromatic rings. The molecule has 2 aromatic carbocycles. The second kappa shape index (κ2) is 11.7. The van der Waals surface area contributed by atoms with Crippen molar-refractivity contribution >= 4 is 22.3 Å². The maximum Gasteiger partial charge on any atom is 0.163 e. The van der Waals surface area contributed by atoms with Crippen LogP contribution in [0.1, 0.15) is 17.5 Å². The second-order valence-electron chi connectivity index (χ2n) is 8.76. The van der Waals surface area contributed by atoms with E-state index in [-0.39, 0.29) is 0 Å². The van der Waals surface area contributed by atoms with Gasteiger partial charge in [-0.25, -0.2) is 4.68 Å². The Morgan fingerprint density at radius 1 is 1.14 bits per heavy atom. The van der Waals surface area contributed by atoms with E-state index >= 15 is 0 Å². The van der Waals surface area contributed by atoms with E-state index in [1.807, 2.05) is 42.6 Å². The van der Waals surface area contributed by atoms with Crippen LogP contribution in [-0.4, -0.2) is 71.4 Å². The van der Waals surface area contributed by atoms with Crippen molar-refractivity contribution in [2.24, 2.45) is 0 Å². The van der Waals surface area contributed by atoms with Gasteiger partial charge in [0.1, 0.15) is 6.07 Å². The molecule has 0 atom stereocenters. The summed E-state index contributed by atoms with van der Waals surface area (Å²) >= 11 is 0. The monoisotopic (exact) mass is 499 g/mol. The van der Waals surface area contributed by atoms with E-state index in [2.05, 4.69) is 31.6 Å². The van der Waals surface area contributed by atoms with E-state index in [0.717, 1.165) is 55.9 Å². The summed E-state index contributed by atoms with van der Waals surface area (Å²) in [5.74, 6) is 1.24. The summed E-state index contributed by atoms with van der Waals surface area (Å²) in [4.78, 5) is 6.90. The standard InChI is InChI=1S/C27H29N7O3/c1-35-25-15-23-24(16-26(25)37-12-2-8-33-10-13-36-14-11-33)29-18-21(17-28)27(23)31-22-5-3-20(4-6-22)19-34-9-7-30-32-34/h3-7,9,15-16,18H,2,8,10-14,19H2,1H3,(H,29,31). The number of ether oxygens (including phenoxy) is 3. The Labute approximate surface area is 215 Å². The van der Waals surface area contributed by atoms with E-state index in [1.165, 1.54) is 0 Å². The van der Waals surface area contributed by atoms with Crippen molar-refractivity contribution in [1.29, 1.82) is 5.26 Å². The van der Waals surface area contributed by atoms with Crippen LogP contribution in [0.5, 0.6) is 11.5 Å².